The Hall–Kier alpha value is -3.10. The predicted molar refractivity (Wildman–Crippen MR) is 134 cm³/mol. The first kappa shape index (κ1) is 26.5. The molecule has 8 nitrogen and oxygen atoms in total. The molecule has 0 unspecified atom stereocenters. The second-order valence-electron chi connectivity index (χ2n) is 8.65. The molecular formula is C27H36N4O4. The van der Waals surface area contributed by atoms with Gasteiger partial charge in [-0.3, -0.25) is 4.98 Å². The Bertz CT molecular complexity index is 1090. The van der Waals surface area contributed by atoms with Gasteiger partial charge in [0.25, 0.3) is 0 Å². The number of ether oxygens (including phenoxy) is 2. The molecule has 3 aromatic rings. The highest BCUT2D eigenvalue weighted by atomic mass is 16.7. The summed E-state index contributed by atoms with van der Waals surface area (Å²) < 4.78 is 13.6. The maximum Gasteiger partial charge on any atom is 0.337 e. The zero-order chi connectivity index (χ0) is 25.3. The maximum atomic E-state index is 11.6. The van der Waals surface area contributed by atoms with E-state index in [1.807, 2.05) is 28.9 Å². The van der Waals surface area contributed by atoms with Crippen molar-refractivity contribution >= 4 is 5.97 Å². The lowest BCUT2D eigenvalue weighted by Gasteiger charge is -2.27. The molecule has 1 N–H and O–H groups in total. The normalized spacial score (nSPS) is 11.7. The second kappa shape index (κ2) is 12.6. The van der Waals surface area contributed by atoms with Crippen molar-refractivity contribution in [2.45, 2.75) is 71.1 Å². The number of carbonyl (C=O) groups is 1. The van der Waals surface area contributed by atoms with Crippen molar-refractivity contribution in [1.82, 2.24) is 19.7 Å². The Morgan fingerprint density at radius 1 is 1.03 bits per heavy atom. The first-order chi connectivity index (χ1) is 17.0. The number of aromatic carboxylic acids is 1. The van der Waals surface area contributed by atoms with Gasteiger partial charge in [-0.2, -0.15) is 5.10 Å². The van der Waals surface area contributed by atoms with Crippen LogP contribution in [0.4, 0.5) is 0 Å². The quantitative estimate of drug-likeness (QED) is 0.242. The van der Waals surface area contributed by atoms with Crippen LogP contribution in [0.25, 0.3) is 11.1 Å². The van der Waals surface area contributed by atoms with Gasteiger partial charge in [0, 0.05) is 46.0 Å². The van der Waals surface area contributed by atoms with Gasteiger partial charge < -0.3 is 14.6 Å². The number of aryl methyl sites for hydroxylation is 1. The highest BCUT2D eigenvalue weighted by Gasteiger charge is 2.37. The number of pyridine rings is 1. The topological polar surface area (TPSA) is 99.4 Å². The molecule has 0 spiro atoms. The highest BCUT2D eigenvalue weighted by Crippen LogP contribution is 2.30. The van der Waals surface area contributed by atoms with Crippen LogP contribution >= 0.6 is 0 Å². The Labute approximate surface area is 207 Å². The molecule has 0 atom stereocenters. The minimum Gasteiger partial charge on any atom is -0.478 e. The minimum atomic E-state index is -0.993. The number of nitrogens with zero attached hydrogens (tertiary/aromatic N) is 4. The van der Waals surface area contributed by atoms with Crippen LogP contribution in [0.3, 0.4) is 0 Å². The number of hydrogen-bond donors (Lipinski definition) is 1. The molecule has 3 rings (SSSR count). The largest absolute Gasteiger partial charge is 0.478 e. The summed E-state index contributed by atoms with van der Waals surface area (Å²) in [5.74, 6) is -0.539. The molecule has 0 radical (unpaired) electrons. The number of benzene rings is 1. The molecule has 35 heavy (non-hydrogen) atoms. The van der Waals surface area contributed by atoms with Gasteiger partial charge in [0.05, 0.1) is 5.56 Å². The van der Waals surface area contributed by atoms with Crippen molar-refractivity contribution in [2.24, 2.45) is 0 Å². The first-order valence-corrected chi connectivity index (χ1v) is 12.3. The van der Waals surface area contributed by atoms with E-state index in [1.165, 1.54) is 6.20 Å². The standard InChI is InChI=1S/C27H36N4O4/c1-5-7-9-17-31-24(29-26(30-31)27(34-3,35-4)15-8-6-2)18-20-10-12-21(13-11-20)22-14-16-28-19-23(22)25(32)33/h10-14,16,19H,5-9,15,17-18H2,1-4H3,(H,32,33). The second-order valence-corrected chi connectivity index (χ2v) is 8.65. The van der Waals surface area contributed by atoms with E-state index in [2.05, 4.69) is 18.8 Å². The van der Waals surface area contributed by atoms with Gasteiger partial charge in [-0.05, 0) is 35.6 Å². The van der Waals surface area contributed by atoms with Gasteiger partial charge >= 0.3 is 5.97 Å². The summed E-state index contributed by atoms with van der Waals surface area (Å²) in [6.45, 7) is 5.09. The number of carboxylic acids is 1. The van der Waals surface area contributed by atoms with Crippen molar-refractivity contribution in [3.63, 3.8) is 0 Å². The molecule has 188 valence electrons. The van der Waals surface area contributed by atoms with E-state index >= 15 is 0 Å². The molecule has 0 aliphatic rings. The summed E-state index contributed by atoms with van der Waals surface area (Å²) in [6.07, 6.45) is 9.49. The molecule has 0 saturated heterocycles. The lowest BCUT2D eigenvalue weighted by atomic mass is 10.00. The first-order valence-electron chi connectivity index (χ1n) is 12.3. The van der Waals surface area contributed by atoms with Gasteiger partial charge in [-0.25, -0.2) is 14.5 Å². The molecule has 0 fully saturated rings. The van der Waals surface area contributed by atoms with Crippen molar-refractivity contribution in [1.29, 1.82) is 0 Å². The number of rotatable bonds is 14. The van der Waals surface area contributed by atoms with E-state index in [0.717, 1.165) is 55.6 Å². The summed E-state index contributed by atoms with van der Waals surface area (Å²) in [5, 5.41) is 14.3. The molecule has 0 amide bonds. The van der Waals surface area contributed by atoms with Gasteiger partial charge in [0.15, 0.2) is 0 Å². The Balaban J connectivity index is 1.90. The zero-order valence-electron chi connectivity index (χ0n) is 21.2. The molecule has 0 saturated carbocycles. The smallest absolute Gasteiger partial charge is 0.337 e. The fourth-order valence-electron chi connectivity index (χ4n) is 4.15. The van der Waals surface area contributed by atoms with Crippen molar-refractivity contribution in [3.05, 3.63) is 65.5 Å². The van der Waals surface area contributed by atoms with Crippen LogP contribution in [0.2, 0.25) is 0 Å². The monoisotopic (exact) mass is 480 g/mol. The lowest BCUT2D eigenvalue weighted by molar-refractivity contribution is -0.226. The molecule has 2 aromatic heterocycles. The van der Waals surface area contributed by atoms with Crippen molar-refractivity contribution in [3.8, 4) is 11.1 Å². The van der Waals surface area contributed by atoms with E-state index in [1.54, 1.807) is 26.5 Å². The van der Waals surface area contributed by atoms with Gasteiger partial charge in [0.2, 0.25) is 11.6 Å². The van der Waals surface area contributed by atoms with E-state index < -0.39 is 11.8 Å². The lowest BCUT2D eigenvalue weighted by Crippen LogP contribution is -2.32. The number of unbranched alkanes of at least 4 members (excludes halogenated alkanes) is 3. The summed E-state index contributed by atoms with van der Waals surface area (Å²) >= 11 is 0. The maximum absolute atomic E-state index is 11.6. The minimum absolute atomic E-state index is 0.183. The number of hydrogen-bond acceptors (Lipinski definition) is 6. The molecule has 2 heterocycles. The van der Waals surface area contributed by atoms with E-state index in [0.29, 0.717) is 24.2 Å². The fraction of sp³-hybridized carbons (Fsp3) is 0.481. The molecule has 0 aliphatic carbocycles. The van der Waals surface area contributed by atoms with Gasteiger partial charge in [-0.15, -0.1) is 0 Å². The summed E-state index contributed by atoms with van der Waals surface area (Å²) in [6, 6.07) is 9.60. The van der Waals surface area contributed by atoms with Crippen LogP contribution in [0.5, 0.6) is 0 Å². The third-order valence-corrected chi connectivity index (χ3v) is 6.26. The van der Waals surface area contributed by atoms with E-state index in [-0.39, 0.29) is 5.56 Å². The van der Waals surface area contributed by atoms with E-state index in [4.69, 9.17) is 19.6 Å². The van der Waals surface area contributed by atoms with Crippen molar-refractivity contribution in [2.75, 3.05) is 14.2 Å². The number of methoxy groups -OCH3 is 2. The molecular weight excluding hydrogens is 444 g/mol. The van der Waals surface area contributed by atoms with Crippen LogP contribution < -0.4 is 0 Å². The summed E-state index contributed by atoms with van der Waals surface area (Å²) in [5.41, 5.74) is 2.72. The molecule has 1 aromatic carbocycles. The Morgan fingerprint density at radius 2 is 1.74 bits per heavy atom. The molecule has 8 heteroatoms. The van der Waals surface area contributed by atoms with Crippen LogP contribution in [0, 0.1) is 0 Å². The zero-order valence-corrected chi connectivity index (χ0v) is 21.2. The van der Waals surface area contributed by atoms with Crippen molar-refractivity contribution < 1.29 is 19.4 Å². The van der Waals surface area contributed by atoms with Crippen LogP contribution in [0.1, 0.15) is 79.9 Å². The fourth-order valence-corrected chi connectivity index (χ4v) is 4.15. The molecule has 0 aliphatic heterocycles. The average molecular weight is 481 g/mol. The number of aromatic nitrogens is 4. The van der Waals surface area contributed by atoms with Crippen LogP contribution in [0.15, 0.2) is 42.7 Å². The third-order valence-electron chi connectivity index (χ3n) is 6.26. The van der Waals surface area contributed by atoms with Gasteiger partial charge in [0.1, 0.15) is 5.82 Å². The SMILES string of the molecule is CCCCCn1nc(C(CCCC)(OC)OC)nc1Cc1ccc(-c2ccncc2C(=O)O)cc1. The Kier molecular flexibility index (Phi) is 9.51. The predicted octanol–water partition coefficient (Wildman–Crippen LogP) is 5.46. The van der Waals surface area contributed by atoms with E-state index in [9.17, 15) is 9.90 Å². The summed E-state index contributed by atoms with van der Waals surface area (Å²) in [7, 11) is 3.28. The molecule has 0 bridgehead atoms. The average Bonchev–Trinajstić information content (AvgIpc) is 3.28. The Morgan fingerprint density at radius 3 is 2.37 bits per heavy atom. The number of carboxylic acid groups (broad SMARTS) is 1. The highest BCUT2D eigenvalue weighted by molar-refractivity contribution is 5.95. The summed E-state index contributed by atoms with van der Waals surface area (Å²) in [4.78, 5) is 20.4. The third kappa shape index (κ3) is 6.32. The van der Waals surface area contributed by atoms with Crippen LogP contribution in [-0.4, -0.2) is 45.0 Å². The van der Waals surface area contributed by atoms with Gasteiger partial charge in [-0.1, -0.05) is 57.4 Å². The van der Waals surface area contributed by atoms with Crippen LogP contribution in [-0.2, 0) is 28.2 Å².